The van der Waals surface area contributed by atoms with Crippen molar-refractivity contribution in [2.45, 2.75) is 38.8 Å². The average molecular weight is 377 g/mol. The second kappa shape index (κ2) is 8.60. The summed E-state index contributed by atoms with van der Waals surface area (Å²) in [4.78, 5) is 14.8. The highest BCUT2D eigenvalue weighted by molar-refractivity contribution is 6.32. The smallest absolute Gasteiger partial charge is 0.260 e. The lowest BCUT2D eigenvalue weighted by atomic mass is 10.2. The molecule has 1 N–H and O–H groups in total. The van der Waals surface area contributed by atoms with Gasteiger partial charge in [-0.15, -0.1) is 0 Å². The van der Waals surface area contributed by atoms with Crippen molar-refractivity contribution in [2.24, 2.45) is 0 Å². The van der Waals surface area contributed by atoms with Crippen molar-refractivity contribution in [1.82, 2.24) is 10.2 Å². The summed E-state index contributed by atoms with van der Waals surface area (Å²) in [5, 5.41) is 3.49. The number of benzene rings is 1. The first-order valence-electron chi connectivity index (χ1n) is 9.04. The van der Waals surface area contributed by atoms with Gasteiger partial charge in [0, 0.05) is 6.54 Å². The molecule has 26 heavy (non-hydrogen) atoms. The van der Waals surface area contributed by atoms with Crippen LogP contribution < -0.4 is 10.1 Å². The molecule has 1 aromatic carbocycles. The van der Waals surface area contributed by atoms with Crippen LogP contribution in [0.15, 0.2) is 40.8 Å². The number of likely N-dealkylation sites (tertiary alicyclic amines) is 1. The van der Waals surface area contributed by atoms with Crippen molar-refractivity contribution in [3.8, 4) is 5.75 Å². The molecule has 0 saturated carbocycles. The van der Waals surface area contributed by atoms with Crippen LogP contribution in [0.4, 0.5) is 0 Å². The van der Waals surface area contributed by atoms with E-state index in [9.17, 15) is 4.79 Å². The van der Waals surface area contributed by atoms with Crippen LogP contribution in [0, 0.1) is 6.92 Å². The molecule has 0 aliphatic carbocycles. The second-order valence-corrected chi connectivity index (χ2v) is 7.05. The predicted molar refractivity (Wildman–Crippen MR) is 102 cm³/mol. The molecule has 0 unspecified atom stereocenters. The first kappa shape index (κ1) is 18.8. The summed E-state index contributed by atoms with van der Waals surface area (Å²) < 4.78 is 11.5. The van der Waals surface area contributed by atoms with Crippen LogP contribution in [0.1, 0.15) is 37.3 Å². The Bertz CT molecular complexity index is 740. The van der Waals surface area contributed by atoms with Crippen LogP contribution in [0.2, 0.25) is 5.02 Å². The maximum Gasteiger partial charge on any atom is 0.260 e. The van der Waals surface area contributed by atoms with Crippen molar-refractivity contribution in [2.75, 3.05) is 19.6 Å². The molecule has 2 aromatic rings. The molecule has 1 aromatic heterocycles. The molecule has 1 fully saturated rings. The van der Waals surface area contributed by atoms with Gasteiger partial charge < -0.3 is 14.5 Å². The highest BCUT2D eigenvalue weighted by Gasteiger charge is 2.27. The van der Waals surface area contributed by atoms with Crippen LogP contribution in [0.25, 0.3) is 0 Å². The number of nitrogens with one attached hydrogen (secondary N) is 1. The summed E-state index contributed by atoms with van der Waals surface area (Å²) in [6.07, 6.45) is 1.72. The van der Waals surface area contributed by atoms with Crippen LogP contribution in [0.5, 0.6) is 5.75 Å². The highest BCUT2D eigenvalue weighted by Crippen LogP contribution is 2.27. The van der Waals surface area contributed by atoms with E-state index < -0.39 is 6.10 Å². The zero-order valence-electron chi connectivity index (χ0n) is 15.2. The topological polar surface area (TPSA) is 54.7 Å². The largest absolute Gasteiger partial charge is 0.479 e. The van der Waals surface area contributed by atoms with Gasteiger partial charge in [0.25, 0.3) is 5.91 Å². The van der Waals surface area contributed by atoms with E-state index in [0.29, 0.717) is 17.3 Å². The van der Waals surface area contributed by atoms with Gasteiger partial charge in [0.05, 0.1) is 11.1 Å². The summed E-state index contributed by atoms with van der Waals surface area (Å²) in [6.45, 7) is 6.18. The molecule has 2 atom stereocenters. The number of furan rings is 1. The Balaban J connectivity index is 1.61. The molecule has 3 rings (SSSR count). The number of para-hydroxylation sites is 1. The number of nitrogens with zero attached hydrogens (tertiary/aromatic N) is 1. The molecular formula is C20H25ClN2O3. The maximum absolute atomic E-state index is 12.5. The number of hydrogen-bond donors (Lipinski definition) is 1. The van der Waals surface area contributed by atoms with E-state index in [2.05, 4.69) is 10.2 Å². The third-order valence-corrected chi connectivity index (χ3v) is 4.96. The van der Waals surface area contributed by atoms with E-state index in [4.69, 9.17) is 20.8 Å². The van der Waals surface area contributed by atoms with Crippen molar-refractivity contribution in [1.29, 1.82) is 0 Å². The molecule has 0 bridgehead atoms. The lowest BCUT2D eigenvalue weighted by Gasteiger charge is -2.26. The number of carbonyl (C=O) groups excluding carboxylic acids is 1. The molecule has 5 nitrogen and oxygen atoms in total. The lowest BCUT2D eigenvalue weighted by Crippen LogP contribution is -2.41. The van der Waals surface area contributed by atoms with Crippen molar-refractivity contribution in [3.05, 3.63) is 52.9 Å². The van der Waals surface area contributed by atoms with Gasteiger partial charge in [-0.2, -0.15) is 0 Å². The second-order valence-electron chi connectivity index (χ2n) is 6.64. The standard InChI is InChI=1S/C20H25ClN2O3/c1-14-9-10-19(25-14)17(23-11-5-6-12-23)13-22-20(24)15(2)26-18-8-4-3-7-16(18)21/h3-4,7-10,15,17H,5-6,11-13H2,1-2H3,(H,22,24)/t15-,17+/m1/s1. The molecule has 1 saturated heterocycles. The quantitative estimate of drug-likeness (QED) is 0.794. The van der Waals surface area contributed by atoms with Gasteiger partial charge in [0.15, 0.2) is 6.10 Å². The van der Waals surface area contributed by atoms with E-state index >= 15 is 0 Å². The fourth-order valence-electron chi connectivity index (χ4n) is 3.22. The number of carbonyl (C=O) groups is 1. The Morgan fingerprint density at radius 1 is 1.27 bits per heavy atom. The Hall–Kier alpha value is -1.98. The first-order chi connectivity index (χ1) is 12.5. The fraction of sp³-hybridized carbons (Fsp3) is 0.450. The Labute approximate surface area is 159 Å². The number of ether oxygens (including phenoxy) is 1. The summed E-state index contributed by atoms with van der Waals surface area (Å²) in [7, 11) is 0. The Kier molecular flexibility index (Phi) is 6.22. The maximum atomic E-state index is 12.5. The third kappa shape index (κ3) is 4.59. The number of hydrogen-bond acceptors (Lipinski definition) is 4. The van der Waals surface area contributed by atoms with Gasteiger partial charge in [-0.1, -0.05) is 23.7 Å². The number of halogens is 1. The van der Waals surface area contributed by atoms with E-state index in [1.807, 2.05) is 31.2 Å². The summed E-state index contributed by atoms with van der Waals surface area (Å²) in [6, 6.07) is 11.1. The van der Waals surface area contributed by atoms with E-state index in [-0.39, 0.29) is 11.9 Å². The predicted octanol–water partition coefficient (Wildman–Crippen LogP) is 3.96. The summed E-state index contributed by atoms with van der Waals surface area (Å²) >= 11 is 6.09. The SMILES string of the molecule is Cc1ccc([C@H](CNC(=O)[C@@H](C)Oc2ccccc2Cl)N2CCCC2)o1. The van der Waals surface area contributed by atoms with Gasteiger partial charge >= 0.3 is 0 Å². The van der Waals surface area contributed by atoms with Gasteiger partial charge in [0.2, 0.25) is 0 Å². The minimum Gasteiger partial charge on any atom is -0.479 e. The normalized spacial score (nSPS) is 17.0. The van der Waals surface area contributed by atoms with Gasteiger partial charge in [-0.25, -0.2) is 0 Å². The lowest BCUT2D eigenvalue weighted by molar-refractivity contribution is -0.127. The highest BCUT2D eigenvalue weighted by atomic mass is 35.5. The van der Waals surface area contributed by atoms with Crippen LogP contribution >= 0.6 is 11.6 Å². The van der Waals surface area contributed by atoms with E-state index in [1.165, 1.54) is 12.8 Å². The number of aryl methyl sites for hydroxylation is 1. The van der Waals surface area contributed by atoms with Crippen LogP contribution in [0.3, 0.4) is 0 Å². The molecule has 1 amide bonds. The minimum absolute atomic E-state index is 0.0441. The molecule has 0 radical (unpaired) electrons. The van der Waals surface area contributed by atoms with Crippen molar-refractivity contribution in [3.63, 3.8) is 0 Å². The monoisotopic (exact) mass is 376 g/mol. The third-order valence-electron chi connectivity index (χ3n) is 4.65. The molecule has 1 aliphatic rings. The van der Waals surface area contributed by atoms with Crippen molar-refractivity contribution >= 4 is 17.5 Å². The molecule has 140 valence electrons. The van der Waals surface area contributed by atoms with Gasteiger partial charge in [-0.05, 0) is 64.0 Å². The van der Waals surface area contributed by atoms with E-state index in [1.54, 1.807) is 19.1 Å². The fourth-order valence-corrected chi connectivity index (χ4v) is 3.40. The summed E-state index contributed by atoms with van der Waals surface area (Å²) in [5.41, 5.74) is 0. The molecule has 0 spiro atoms. The number of amides is 1. The number of rotatable bonds is 7. The first-order valence-corrected chi connectivity index (χ1v) is 9.41. The molecular weight excluding hydrogens is 352 g/mol. The summed E-state index contributed by atoms with van der Waals surface area (Å²) in [5.74, 6) is 2.11. The minimum atomic E-state index is -0.632. The van der Waals surface area contributed by atoms with Gasteiger partial charge in [0.1, 0.15) is 17.3 Å². The zero-order valence-corrected chi connectivity index (χ0v) is 16.0. The zero-order chi connectivity index (χ0) is 18.5. The molecule has 2 heterocycles. The van der Waals surface area contributed by atoms with Gasteiger partial charge in [-0.3, -0.25) is 9.69 Å². The van der Waals surface area contributed by atoms with E-state index in [0.717, 1.165) is 24.6 Å². The van der Waals surface area contributed by atoms with Crippen molar-refractivity contribution < 1.29 is 13.9 Å². The molecule has 6 heteroatoms. The van der Waals surface area contributed by atoms with Crippen LogP contribution in [-0.2, 0) is 4.79 Å². The van der Waals surface area contributed by atoms with Crippen LogP contribution in [-0.4, -0.2) is 36.5 Å². The average Bonchev–Trinajstić information content (AvgIpc) is 3.29. The Morgan fingerprint density at radius 2 is 2.00 bits per heavy atom. The Morgan fingerprint density at radius 3 is 2.65 bits per heavy atom. The molecule has 1 aliphatic heterocycles.